The van der Waals surface area contributed by atoms with Crippen LogP contribution in [0.5, 0.6) is 0 Å². The summed E-state index contributed by atoms with van der Waals surface area (Å²) in [5.74, 6) is 2.00. The Kier molecular flexibility index (Phi) is 4.61. The third-order valence-electron chi connectivity index (χ3n) is 4.18. The molecule has 19 heavy (non-hydrogen) atoms. The van der Waals surface area contributed by atoms with Crippen molar-refractivity contribution >= 4 is 11.6 Å². The molecule has 0 aliphatic heterocycles. The Balaban J connectivity index is 2.06. The van der Waals surface area contributed by atoms with Crippen molar-refractivity contribution in [3.8, 4) is 0 Å². The van der Waals surface area contributed by atoms with E-state index >= 15 is 0 Å². The summed E-state index contributed by atoms with van der Waals surface area (Å²) in [6, 6.07) is 0. The van der Waals surface area contributed by atoms with Crippen LogP contribution < -0.4 is 10.6 Å². The molecule has 0 amide bonds. The Bertz CT molecular complexity index is 413. The molecule has 0 unspecified atom stereocenters. The molecule has 0 aromatic carbocycles. The second-order valence-electron chi connectivity index (χ2n) is 5.54. The van der Waals surface area contributed by atoms with E-state index in [1.165, 1.54) is 24.8 Å². The fourth-order valence-corrected chi connectivity index (χ4v) is 2.40. The highest BCUT2D eigenvalue weighted by Gasteiger charge is 2.40. The summed E-state index contributed by atoms with van der Waals surface area (Å²) in [6.07, 6.45) is 7.68. The number of nitrogens with zero attached hydrogens (tertiary/aromatic N) is 2. The van der Waals surface area contributed by atoms with Crippen LogP contribution in [-0.4, -0.2) is 23.1 Å². The van der Waals surface area contributed by atoms with Gasteiger partial charge in [0, 0.05) is 18.7 Å². The van der Waals surface area contributed by atoms with Crippen molar-refractivity contribution in [3.63, 3.8) is 0 Å². The third-order valence-corrected chi connectivity index (χ3v) is 4.18. The predicted molar refractivity (Wildman–Crippen MR) is 80.6 cm³/mol. The number of aromatic nitrogens is 2. The molecule has 1 saturated carbocycles. The van der Waals surface area contributed by atoms with Gasteiger partial charge in [-0.15, -0.1) is 0 Å². The maximum Gasteiger partial charge on any atom is 0.134 e. The molecule has 0 bridgehead atoms. The SMILES string of the molecule is CCCNc1ncnc(NCC2(CC)CC2)c1CC. The molecule has 4 nitrogen and oxygen atoms in total. The highest BCUT2D eigenvalue weighted by Crippen LogP contribution is 2.48. The Morgan fingerprint density at radius 3 is 2.32 bits per heavy atom. The standard InChI is InChI=1S/C15H26N4/c1-4-9-16-13-12(5-2)14(19-11-18-13)17-10-15(6-3)7-8-15/h11H,4-10H2,1-3H3,(H2,16,17,18,19). The van der Waals surface area contributed by atoms with Crippen LogP contribution in [-0.2, 0) is 6.42 Å². The number of anilines is 2. The van der Waals surface area contributed by atoms with Gasteiger partial charge in [0.15, 0.2) is 0 Å². The Morgan fingerprint density at radius 1 is 1.11 bits per heavy atom. The van der Waals surface area contributed by atoms with E-state index in [9.17, 15) is 0 Å². The highest BCUT2D eigenvalue weighted by atomic mass is 15.1. The first kappa shape index (κ1) is 14.1. The average molecular weight is 262 g/mol. The van der Waals surface area contributed by atoms with Crippen LogP contribution >= 0.6 is 0 Å². The molecule has 0 spiro atoms. The maximum atomic E-state index is 4.42. The van der Waals surface area contributed by atoms with Crippen LogP contribution in [0, 0.1) is 5.41 Å². The zero-order valence-electron chi connectivity index (χ0n) is 12.4. The molecule has 4 heteroatoms. The first-order valence-corrected chi connectivity index (χ1v) is 7.56. The molecule has 0 radical (unpaired) electrons. The summed E-state index contributed by atoms with van der Waals surface area (Å²) < 4.78 is 0. The quantitative estimate of drug-likeness (QED) is 0.753. The van der Waals surface area contributed by atoms with Gasteiger partial charge in [-0.25, -0.2) is 9.97 Å². The van der Waals surface area contributed by atoms with Crippen LogP contribution in [0.25, 0.3) is 0 Å². The minimum atomic E-state index is 0.535. The molecule has 1 aliphatic rings. The number of rotatable bonds is 8. The number of hydrogen-bond acceptors (Lipinski definition) is 4. The summed E-state index contributed by atoms with van der Waals surface area (Å²) >= 11 is 0. The Labute approximate surface area is 116 Å². The van der Waals surface area contributed by atoms with Crippen LogP contribution in [0.2, 0.25) is 0 Å². The van der Waals surface area contributed by atoms with Crippen molar-refractivity contribution in [2.45, 2.75) is 52.9 Å². The molecule has 1 heterocycles. The van der Waals surface area contributed by atoms with Gasteiger partial charge in [-0.3, -0.25) is 0 Å². The Hall–Kier alpha value is -1.32. The second-order valence-corrected chi connectivity index (χ2v) is 5.54. The average Bonchev–Trinajstić information content (AvgIpc) is 3.23. The van der Waals surface area contributed by atoms with Crippen molar-refractivity contribution in [1.82, 2.24) is 9.97 Å². The van der Waals surface area contributed by atoms with Gasteiger partial charge in [0.05, 0.1) is 0 Å². The number of hydrogen-bond donors (Lipinski definition) is 2. The molecule has 1 aliphatic carbocycles. The van der Waals surface area contributed by atoms with Crippen LogP contribution in [0.3, 0.4) is 0 Å². The third kappa shape index (κ3) is 3.37. The molecule has 0 atom stereocenters. The van der Waals surface area contributed by atoms with Crippen LogP contribution in [0.1, 0.15) is 52.0 Å². The molecule has 106 valence electrons. The highest BCUT2D eigenvalue weighted by molar-refractivity contribution is 5.57. The molecular weight excluding hydrogens is 236 g/mol. The summed E-state index contributed by atoms with van der Waals surface area (Å²) in [7, 11) is 0. The van der Waals surface area contributed by atoms with Gasteiger partial charge in [0.1, 0.15) is 18.0 Å². The van der Waals surface area contributed by atoms with E-state index in [0.29, 0.717) is 5.41 Å². The van der Waals surface area contributed by atoms with Gasteiger partial charge in [0.2, 0.25) is 0 Å². The topological polar surface area (TPSA) is 49.8 Å². The minimum absolute atomic E-state index is 0.535. The minimum Gasteiger partial charge on any atom is -0.370 e. The van der Waals surface area contributed by atoms with Crippen LogP contribution in [0.15, 0.2) is 6.33 Å². The molecule has 2 N–H and O–H groups in total. The molecule has 0 saturated heterocycles. The zero-order chi connectivity index (χ0) is 13.7. The van der Waals surface area contributed by atoms with Crippen molar-refractivity contribution < 1.29 is 0 Å². The molecule has 1 fully saturated rings. The van der Waals surface area contributed by atoms with Crippen molar-refractivity contribution in [2.24, 2.45) is 5.41 Å². The van der Waals surface area contributed by atoms with Crippen molar-refractivity contribution in [1.29, 1.82) is 0 Å². The molecule has 1 aromatic rings. The van der Waals surface area contributed by atoms with E-state index in [-0.39, 0.29) is 0 Å². The lowest BCUT2D eigenvalue weighted by atomic mass is 10.0. The predicted octanol–water partition coefficient (Wildman–Crippen LogP) is 3.46. The largest absolute Gasteiger partial charge is 0.370 e. The smallest absolute Gasteiger partial charge is 0.134 e. The van der Waals surface area contributed by atoms with Gasteiger partial charge in [0.25, 0.3) is 0 Å². The fraction of sp³-hybridized carbons (Fsp3) is 0.733. The van der Waals surface area contributed by atoms with E-state index in [2.05, 4.69) is 41.4 Å². The Morgan fingerprint density at radius 2 is 1.79 bits per heavy atom. The maximum absolute atomic E-state index is 4.42. The number of nitrogens with one attached hydrogen (secondary N) is 2. The molecule has 1 aromatic heterocycles. The zero-order valence-corrected chi connectivity index (χ0v) is 12.4. The lowest BCUT2D eigenvalue weighted by Crippen LogP contribution is -2.17. The van der Waals surface area contributed by atoms with E-state index in [1.54, 1.807) is 6.33 Å². The molecular formula is C15H26N4. The van der Waals surface area contributed by atoms with Gasteiger partial charge in [-0.1, -0.05) is 20.8 Å². The summed E-state index contributed by atoms with van der Waals surface area (Å²) in [5.41, 5.74) is 1.75. The van der Waals surface area contributed by atoms with Gasteiger partial charge in [-0.2, -0.15) is 0 Å². The molecule has 2 rings (SSSR count). The van der Waals surface area contributed by atoms with E-state index in [0.717, 1.165) is 37.6 Å². The normalized spacial score (nSPS) is 16.2. The van der Waals surface area contributed by atoms with Crippen LogP contribution in [0.4, 0.5) is 11.6 Å². The first-order chi connectivity index (χ1) is 9.24. The first-order valence-electron chi connectivity index (χ1n) is 7.56. The fourth-order valence-electron chi connectivity index (χ4n) is 2.40. The van der Waals surface area contributed by atoms with Gasteiger partial charge < -0.3 is 10.6 Å². The summed E-state index contributed by atoms with van der Waals surface area (Å²) in [6.45, 7) is 8.61. The lowest BCUT2D eigenvalue weighted by Gasteiger charge is -2.17. The summed E-state index contributed by atoms with van der Waals surface area (Å²) in [5, 5.41) is 6.93. The monoisotopic (exact) mass is 262 g/mol. The van der Waals surface area contributed by atoms with Gasteiger partial charge >= 0.3 is 0 Å². The van der Waals surface area contributed by atoms with Crippen molar-refractivity contribution in [3.05, 3.63) is 11.9 Å². The second kappa shape index (κ2) is 6.22. The van der Waals surface area contributed by atoms with E-state index in [1.807, 2.05) is 0 Å². The van der Waals surface area contributed by atoms with E-state index in [4.69, 9.17) is 0 Å². The van der Waals surface area contributed by atoms with Gasteiger partial charge in [-0.05, 0) is 37.5 Å². The lowest BCUT2D eigenvalue weighted by molar-refractivity contribution is 0.520. The summed E-state index contributed by atoms with van der Waals surface area (Å²) in [4.78, 5) is 8.79. The van der Waals surface area contributed by atoms with E-state index < -0.39 is 0 Å². The van der Waals surface area contributed by atoms with Crippen molar-refractivity contribution in [2.75, 3.05) is 23.7 Å².